The first-order chi connectivity index (χ1) is 3.39. The average Bonchev–Trinajstić information content (AvgIpc) is 1.69. The van der Waals surface area contributed by atoms with E-state index in [2.05, 4.69) is 10.7 Å². The molecule has 0 aliphatic rings. The van der Waals surface area contributed by atoms with Gasteiger partial charge in [0.05, 0.1) is 0 Å². The minimum atomic E-state index is 1.02. The second kappa shape index (κ2) is 1.71. The van der Waals surface area contributed by atoms with Crippen LogP contribution in [0.3, 0.4) is 0 Å². The lowest BCUT2D eigenvalue weighted by Gasteiger charge is -1.72. The van der Waals surface area contributed by atoms with Crippen molar-refractivity contribution in [3.63, 3.8) is 0 Å². The van der Waals surface area contributed by atoms with Gasteiger partial charge < -0.3 is 5.73 Å². The minimum absolute atomic E-state index is 1.02. The molecule has 0 spiro atoms. The zero-order valence-electron chi connectivity index (χ0n) is 4.02. The molecular weight excluding hydrogens is 88.1 g/mol. The van der Waals surface area contributed by atoms with E-state index in [1.165, 1.54) is 0 Å². The Labute approximate surface area is 42.0 Å². The monoisotopic (exact) mass is 96.1 g/mol. The standard InChI is InChI=1S/C5H6N2/c6-5-2-1-3-7-4-5/h1-4H,6H2/p+2. The van der Waals surface area contributed by atoms with E-state index < -0.39 is 0 Å². The van der Waals surface area contributed by atoms with E-state index in [4.69, 9.17) is 0 Å². The van der Waals surface area contributed by atoms with Crippen LogP contribution in [0.15, 0.2) is 24.5 Å². The van der Waals surface area contributed by atoms with Crippen molar-refractivity contribution in [2.24, 2.45) is 0 Å². The van der Waals surface area contributed by atoms with Gasteiger partial charge in [-0.3, -0.25) is 0 Å². The number of rotatable bonds is 0. The molecule has 0 aliphatic heterocycles. The Hall–Kier alpha value is -0.890. The van der Waals surface area contributed by atoms with E-state index in [0.29, 0.717) is 0 Å². The fraction of sp³-hybridized carbons (Fsp3) is 0. The summed E-state index contributed by atoms with van der Waals surface area (Å²) in [6.07, 6.45) is 3.70. The Morgan fingerprint density at radius 2 is 2.43 bits per heavy atom. The van der Waals surface area contributed by atoms with Gasteiger partial charge in [-0.15, -0.1) is 0 Å². The number of hydrogen-bond donors (Lipinski definition) is 1. The number of aromatic nitrogens is 1. The largest absolute Gasteiger partial charge is 0.320 e. The van der Waals surface area contributed by atoms with Crippen LogP contribution in [0, 0.1) is 0 Å². The van der Waals surface area contributed by atoms with Gasteiger partial charge in [-0.25, -0.2) is 4.98 Å². The Morgan fingerprint density at radius 3 is 2.71 bits per heavy atom. The Kier molecular flexibility index (Phi) is 1.04. The van der Waals surface area contributed by atoms with Crippen LogP contribution in [-0.4, -0.2) is 0 Å². The zero-order chi connectivity index (χ0) is 5.11. The van der Waals surface area contributed by atoms with Crippen LogP contribution in [0.25, 0.3) is 0 Å². The van der Waals surface area contributed by atoms with Crippen LogP contribution in [0.2, 0.25) is 0 Å². The predicted molar refractivity (Wildman–Crippen MR) is 25.5 cm³/mol. The summed E-state index contributed by atoms with van der Waals surface area (Å²) in [7, 11) is 0. The fourth-order valence-corrected chi connectivity index (χ4v) is 0.431. The maximum Gasteiger partial charge on any atom is 0.228 e. The van der Waals surface area contributed by atoms with E-state index in [1.54, 1.807) is 0 Å². The SMILES string of the molecule is [NH3+]c1ccc[nH+]c1. The summed E-state index contributed by atoms with van der Waals surface area (Å²) >= 11 is 0. The highest BCUT2D eigenvalue weighted by atomic mass is 14.7. The van der Waals surface area contributed by atoms with Crippen LogP contribution in [0.1, 0.15) is 0 Å². The third kappa shape index (κ3) is 0.978. The van der Waals surface area contributed by atoms with E-state index in [9.17, 15) is 0 Å². The highest BCUT2D eigenvalue weighted by molar-refractivity contribution is 5.17. The van der Waals surface area contributed by atoms with Gasteiger partial charge in [-0.1, -0.05) is 0 Å². The zero-order valence-corrected chi connectivity index (χ0v) is 4.02. The van der Waals surface area contributed by atoms with Gasteiger partial charge in [0.1, 0.15) is 0 Å². The lowest BCUT2D eigenvalue weighted by molar-refractivity contribution is -0.389. The highest BCUT2D eigenvalue weighted by Crippen LogP contribution is 1.85. The molecule has 4 N–H and O–H groups in total. The lowest BCUT2D eigenvalue weighted by Crippen LogP contribution is -2.40. The van der Waals surface area contributed by atoms with Gasteiger partial charge >= 0.3 is 0 Å². The highest BCUT2D eigenvalue weighted by Gasteiger charge is 1.84. The molecule has 1 aromatic heterocycles. The molecule has 0 aromatic carbocycles. The first-order valence-corrected chi connectivity index (χ1v) is 2.17. The molecule has 2 nitrogen and oxygen atoms in total. The second-order valence-electron chi connectivity index (χ2n) is 1.41. The van der Waals surface area contributed by atoms with E-state index in [1.807, 2.05) is 24.5 Å². The maximum absolute atomic E-state index is 3.69. The van der Waals surface area contributed by atoms with E-state index >= 15 is 0 Å². The summed E-state index contributed by atoms with van der Waals surface area (Å²) in [6, 6.07) is 3.86. The topological polar surface area (TPSA) is 41.8 Å². The fourth-order valence-electron chi connectivity index (χ4n) is 0.431. The molecule has 36 valence electrons. The van der Waals surface area contributed by atoms with Crippen molar-refractivity contribution < 1.29 is 10.7 Å². The van der Waals surface area contributed by atoms with Gasteiger partial charge in [-0.2, -0.15) is 0 Å². The first kappa shape index (κ1) is 4.27. The number of quaternary nitrogens is 1. The summed E-state index contributed by atoms with van der Waals surface area (Å²) in [6.45, 7) is 0. The Bertz CT molecular complexity index is 136. The van der Waals surface area contributed by atoms with E-state index in [0.717, 1.165) is 5.69 Å². The Balaban J connectivity index is 3.02. The molecule has 1 rings (SSSR count). The number of nitrogens with one attached hydrogen (secondary N) is 1. The maximum atomic E-state index is 3.69. The van der Waals surface area contributed by atoms with Crippen LogP contribution in [0.4, 0.5) is 5.69 Å². The molecular formula is C5H8N2+2. The van der Waals surface area contributed by atoms with Crippen LogP contribution < -0.4 is 10.7 Å². The summed E-state index contributed by atoms with van der Waals surface area (Å²) in [5.41, 5.74) is 4.71. The molecule has 0 fully saturated rings. The third-order valence-corrected chi connectivity index (χ3v) is 0.771. The van der Waals surface area contributed by atoms with Crippen molar-refractivity contribution in [1.29, 1.82) is 0 Å². The molecule has 0 saturated heterocycles. The van der Waals surface area contributed by atoms with Crippen molar-refractivity contribution in [3.05, 3.63) is 24.5 Å². The molecule has 1 aromatic rings. The average molecular weight is 96.1 g/mol. The predicted octanol–water partition coefficient (Wildman–Crippen LogP) is -0.626. The van der Waals surface area contributed by atoms with Crippen molar-refractivity contribution in [2.75, 3.05) is 0 Å². The normalized spacial score (nSPS) is 8.71. The number of H-pyrrole nitrogens is 1. The molecule has 0 bridgehead atoms. The molecule has 0 atom stereocenters. The van der Waals surface area contributed by atoms with Crippen LogP contribution in [0.5, 0.6) is 0 Å². The van der Waals surface area contributed by atoms with Crippen LogP contribution >= 0.6 is 0 Å². The van der Waals surface area contributed by atoms with Gasteiger partial charge in [0.15, 0.2) is 11.9 Å². The summed E-state index contributed by atoms with van der Waals surface area (Å²) in [5.74, 6) is 0. The van der Waals surface area contributed by atoms with Crippen LogP contribution in [-0.2, 0) is 0 Å². The van der Waals surface area contributed by atoms with Gasteiger partial charge in [0, 0.05) is 12.1 Å². The lowest BCUT2D eigenvalue weighted by atomic mass is 10.4. The third-order valence-electron chi connectivity index (χ3n) is 0.771. The van der Waals surface area contributed by atoms with Gasteiger partial charge in [0.2, 0.25) is 6.20 Å². The molecule has 0 unspecified atom stereocenters. The minimum Gasteiger partial charge on any atom is -0.320 e. The molecule has 0 radical (unpaired) electrons. The molecule has 2 heteroatoms. The Morgan fingerprint density at radius 1 is 1.57 bits per heavy atom. The van der Waals surface area contributed by atoms with Crippen molar-refractivity contribution in [1.82, 2.24) is 0 Å². The first-order valence-electron chi connectivity index (χ1n) is 2.17. The summed E-state index contributed by atoms with van der Waals surface area (Å²) in [4.78, 5) is 2.90. The molecule has 0 saturated carbocycles. The second-order valence-corrected chi connectivity index (χ2v) is 1.41. The molecule has 0 aliphatic carbocycles. The quantitative estimate of drug-likeness (QED) is 0.447. The summed E-state index contributed by atoms with van der Waals surface area (Å²) < 4.78 is 0. The molecule has 1 heterocycles. The van der Waals surface area contributed by atoms with Gasteiger partial charge in [-0.05, 0) is 0 Å². The molecule has 0 amide bonds. The van der Waals surface area contributed by atoms with Crippen molar-refractivity contribution in [3.8, 4) is 0 Å². The van der Waals surface area contributed by atoms with Crippen molar-refractivity contribution >= 4 is 5.69 Å². The summed E-state index contributed by atoms with van der Waals surface area (Å²) in [5, 5.41) is 0. The number of hydrogen-bond acceptors (Lipinski definition) is 0. The smallest absolute Gasteiger partial charge is 0.228 e. The number of pyridine rings is 1. The van der Waals surface area contributed by atoms with Gasteiger partial charge in [0.25, 0.3) is 0 Å². The number of aromatic amines is 1. The molecule has 7 heavy (non-hydrogen) atoms. The van der Waals surface area contributed by atoms with E-state index in [-0.39, 0.29) is 0 Å². The van der Waals surface area contributed by atoms with Crippen molar-refractivity contribution in [2.45, 2.75) is 0 Å².